The summed E-state index contributed by atoms with van der Waals surface area (Å²) >= 11 is 0. The molecule has 0 radical (unpaired) electrons. The third kappa shape index (κ3) is 2.76. The Kier molecular flexibility index (Phi) is 3.95. The molecule has 0 bridgehead atoms. The maximum atomic E-state index is 6.09. The lowest BCUT2D eigenvalue weighted by Gasteiger charge is -2.06. The van der Waals surface area contributed by atoms with E-state index in [4.69, 9.17) is 4.42 Å². The van der Waals surface area contributed by atoms with Crippen molar-refractivity contribution in [1.29, 1.82) is 0 Å². The Morgan fingerprint density at radius 3 is 1.84 bits per heavy atom. The second-order valence-electron chi connectivity index (χ2n) is 6.24. The zero-order valence-electron chi connectivity index (χ0n) is 14.4. The van der Waals surface area contributed by atoms with Crippen LogP contribution >= 0.6 is 0 Å². The lowest BCUT2D eigenvalue weighted by Crippen LogP contribution is -2.30. The van der Waals surface area contributed by atoms with Crippen molar-refractivity contribution in [2.75, 3.05) is 0 Å². The van der Waals surface area contributed by atoms with Crippen molar-refractivity contribution in [2.45, 2.75) is 13.8 Å². The minimum absolute atomic E-state index is 0.899. The van der Waals surface area contributed by atoms with Gasteiger partial charge in [-0.15, -0.1) is 4.57 Å². The van der Waals surface area contributed by atoms with Crippen LogP contribution in [-0.4, -0.2) is 0 Å². The molecule has 0 unspecified atom stereocenters. The first-order valence-corrected chi connectivity index (χ1v) is 8.46. The first-order chi connectivity index (χ1) is 12.3. The molecule has 4 aromatic rings. The molecule has 0 aliphatic carbocycles. The summed E-state index contributed by atoms with van der Waals surface area (Å²) in [5, 5.41) is 0. The number of hydrogen-bond acceptors (Lipinski definition) is 1. The summed E-state index contributed by atoms with van der Waals surface area (Å²) in [7, 11) is 0. The predicted molar refractivity (Wildman–Crippen MR) is 101 cm³/mol. The Hall–Kier alpha value is -3.13. The van der Waals surface area contributed by atoms with Crippen LogP contribution in [0.2, 0.25) is 0 Å². The molecule has 0 amide bonds. The minimum atomic E-state index is 0.899. The highest BCUT2D eigenvalue weighted by Gasteiger charge is 2.28. The molecule has 2 heteroatoms. The van der Waals surface area contributed by atoms with Gasteiger partial charge in [-0.05, 0) is 31.0 Å². The van der Waals surface area contributed by atoms with E-state index in [0.29, 0.717) is 0 Å². The van der Waals surface area contributed by atoms with Crippen LogP contribution in [0.15, 0.2) is 89.7 Å². The zero-order chi connectivity index (χ0) is 17.2. The Labute approximate surface area is 148 Å². The summed E-state index contributed by atoms with van der Waals surface area (Å²) in [6.07, 6.45) is 1.80. The second kappa shape index (κ2) is 6.40. The summed E-state index contributed by atoms with van der Waals surface area (Å²) in [6, 6.07) is 27.1. The van der Waals surface area contributed by atoms with Gasteiger partial charge in [0.25, 0.3) is 5.69 Å². The highest BCUT2D eigenvalue weighted by molar-refractivity contribution is 5.78. The van der Waals surface area contributed by atoms with Crippen LogP contribution in [-0.2, 0) is 0 Å². The third-order valence-electron chi connectivity index (χ3n) is 4.56. The van der Waals surface area contributed by atoms with E-state index in [0.717, 1.165) is 22.7 Å². The van der Waals surface area contributed by atoms with Crippen LogP contribution in [0.4, 0.5) is 0 Å². The molecule has 25 heavy (non-hydrogen) atoms. The molecule has 0 spiro atoms. The van der Waals surface area contributed by atoms with Gasteiger partial charge in [0.05, 0.1) is 5.56 Å². The van der Waals surface area contributed by atoms with Crippen molar-refractivity contribution < 1.29 is 8.98 Å². The normalized spacial score (nSPS) is 10.8. The number of nitrogens with zero attached hydrogens (tertiary/aromatic N) is 1. The fourth-order valence-electron chi connectivity index (χ4n) is 3.21. The maximum Gasteiger partial charge on any atom is 0.341 e. The van der Waals surface area contributed by atoms with Crippen LogP contribution in [0, 0.1) is 13.8 Å². The smallest absolute Gasteiger partial charge is 0.341 e. The zero-order valence-corrected chi connectivity index (χ0v) is 14.4. The predicted octanol–water partition coefficient (Wildman–Crippen LogP) is 5.51. The van der Waals surface area contributed by atoms with Crippen molar-refractivity contribution in [1.82, 2.24) is 0 Å². The molecular weight excluding hydrogens is 306 g/mol. The Morgan fingerprint density at radius 2 is 1.20 bits per heavy atom. The van der Waals surface area contributed by atoms with Crippen LogP contribution in [0.5, 0.6) is 0 Å². The van der Waals surface area contributed by atoms with E-state index in [2.05, 4.69) is 79.1 Å². The van der Waals surface area contributed by atoms with E-state index >= 15 is 0 Å². The Morgan fingerprint density at radius 1 is 0.640 bits per heavy atom. The number of rotatable bonds is 3. The Balaban J connectivity index is 2.03. The molecule has 0 saturated heterocycles. The summed E-state index contributed by atoms with van der Waals surface area (Å²) in [6.45, 7) is 4.26. The van der Waals surface area contributed by atoms with E-state index in [1.165, 1.54) is 16.7 Å². The van der Waals surface area contributed by atoms with Gasteiger partial charge in [0.15, 0.2) is 0 Å². The lowest BCUT2D eigenvalue weighted by atomic mass is 9.99. The molecule has 0 fully saturated rings. The molecule has 3 aromatic carbocycles. The number of para-hydroxylation sites is 1. The second-order valence-corrected chi connectivity index (χ2v) is 6.24. The average Bonchev–Trinajstić information content (AvgIpc) is 3.08. The fourth-order valence-corrected chi connectivity index (χ4v) is 3.21. The summed E-state index contributed by atoms with van der Waals surface area (Å²) in [5.74, 6) is 0.899. The first-order valence-electron chi connectivity index (χ1n) is 8.46. The van der Waals surface area contributed by atoms with Gasteiger partial charge in [-0.3, -0.25) is 0 Å². The van der Waals surface area contributed by atoms with Gasteiger partial charge in [-0.1, -0.05) is 60.7 Å². The van der Waals surface area contributed by atoms with Crippen LogP contribution in [0.25, 0.3) is 28.3 Å². The number of aryl methyl sites for hydroxylation is 2. The molecule has 0 N–H and O–H groups in total. The van der Waals surface area contributed by atoms with Gasteiger partial charge in [0.2, 0.25) is 11.4 Å². The molecule has 0 aliphatic rings. The molecule has 0 aliphatic heterocycles. The third-order valence-corrected chi connectivity index (χ3v) is 4.56. The summed E-state index contributed by atoms with van der Waals surface area (Å²) in [5.41, 5.74) is 6.90. The number of benzene rings is 3. The van der Waals surface area contributed by atoms with E-state index in [9.17, 15) is 0 Å². The average molecular weight is 326 g/mol. The minimum Gasteiger partial charge on any atom is -0.403 e. The summed E-state index contributed by atoms with van der Waals surface area (Å²) < 4.78 is 8.22. The van der Waals surface area contributed by atoms with Gasteiger partial charge in [0, 0.05) is 17.7 Å². The monoisotopic (exact) mass is 326 g/mol. The Bertz CT molecular complexity index is 1020. The largest absolute Gasteiger partial charge is 0.403 e. The van der Waals surface area contributed by atoms with Crippen molar-refractivity contribution in [3.8, 4) is 28.3 Å². The van der Waals surface area contributed by atoms with Crippen molar-refractivity contribution in [2.24, 2.45) is 0 Å². The maximum absolute atomic E-state index is 6.09. The van der Waals surface area contributed by atoms with Gasteiger partial charge < -0.3 is 4.42 Å². The fraction of sp³-hybridized carbons (Fsp3) is 0.0870. The van der Waals surface area contributed by atoms with E-state index < -0.39 is 0 Å². The lowest BCUT2D eigenvalue weighted by molar-refractivity contribution is -0.588. The molecule has 2 nitrogen and oxygen atoms in total. The van der Waals surface area contributed by atoms with E-state index in [-0.39, 0.29) is 0 Å². The highest BCUT2D eigenvalue weighted by atomic mass is 16.3. The highest BCUT2D eigenvalue weighted by Crippen LogP contribution is 2.34. The summed E-state index contributed by atoms with van der Waals surface area (Å²) in [4.78, 5) is 0. The molecular formula is C23H20NO+. The SMILES string of the molecule is Cc1ccccc1-c1oc[n+](-c2ccccc2)c1-c1ccccc1C. The molecule has 1 heterocycles. The standard InChI is InChI=1S/C23H20NO/c1-17-10-6-8-14-20(17)22-23(21-15-9-7-11-18(21)2)25-16-24(22)19-12-4-3-5-13-19/h3-16H,1-2H3/q+1. The molecule has 1 aromatic heterocycles. The quantitative estimate of drug-likeness (QED) is 0.454. The van der Waals surface area contributed by atoms with Gasteiger partial charge in [-0.25, -0.2) is 0 Å². The molecule has 0 saturated carbocycles. The van der Waals surface area contributed by atoms with Gasteiger partial charge in [-0.2, -0.15) is 0 Å². The molecule has 0 atom stereocenters. The molecule has 4 rings (SSSR count). The topological polar surface area (TPSA) is 17.0 Å². The first kappa shape index (κ1) is 15.4. The van der Waals surface area contributed by atoms with Gasteiger partial charge >= 0.3 is 6.39 Å². The number of hydrogen-bond donors (Lipinski definition) is 0. The number of aromatic nitrogens is 1. The van der Waals surface area contributed by atoms with Crippen LogP contribution in [0.1, 0.15) is 11.1 Å². The number of oxazole rings is 1. The van der Waals surface area contributed by atoms with E-state index in [1.54, 1.807) is 6.39 Å². The van der Waals surface area contributed by atoms with Crippen molar-refractivity contribution >= 4 is 0 Å². The van der Waals surface area contributed by atoms with E-state index in [1.807, 2.05) is 18.2 Å². The molecule has 122 valence electrons. The van der Waals surface area contributed by atoms with Gasteiger partial charge in [0.1, 0.15) is 0 Å². The van der Waals surface area contributed by atoms with Crippen LogP contribution in [0.3, 0.4) is 0 Å². The van der Waals surface area contributed by atoms with Crippen LogP contribution < -0.4 is 4.57 Å². The van der Waals surface area contributed by atoms with Crippen molar-refractivity contribution in [3.05, 3.63) is 96.4 Å². The van der Waals surface area contributed by atoms with Crippen molar-refractivity contribution in [3.63, 3.8) is 0 Å².